The molecule has 1 N–H and O–H groups in total. The highest BCUT2D eigenvalue weighted by Gasteiger charge is 2.38. The normalized spacial score (nSPS) is 15.2. The van der Waals surface area contributed by atoms with Crippen molar-refractivity contribution in [3.63, 3.8) is 0 Å². The van der Waals surface area contributed by atoms with E-state index >= 15 is 0 Å². The minimum atomic E-state index is -0.761. The van der Waals surface area contributed by atoms with Gasteiger partial charge < -0.3 is 10.1 Å². The number of anilines is 1. The molecule has 0 bridgehead atoms. The third-order valence-electron chi connectivity index (χ3n) is 5.55. The van der Waals surface area contributed by atoms with Gasteiger partial charge in [-0.25, -0.2) is 9.59 Å². The lowest BCUT2D eigenvalue weighted by molar-refractivity contribution is -0.138. The van der Waals surface area contributed by atoms with E-state index in [0.29, 0.717) is 33.2 Å². The smallest absolute Gasteiger partial charge is 0.337 e. The maximum atomic E-state index is 13.3. The number of benzene rings is 2. The first-order valence-corrected chi connectivity index (χ1v) is 10.5. The number of ether oxygens (including phenoxy) is 1. The number of aromatic nitrogens is 2. The van der Waals surface area contributed by atoms with Gasteiger partial charge in [-0.15, -0.1) is 0 Å². The van der Waals surface area contributed by atoms with Crippen LogP contribution in [0.3, 0.4) is 0 Å². The van der Waals surface area contributed by atoms with E-state index in [1.165, 1.54) is 11.6 Å². The summed E-state index contributed by atoms with van der Waals surface area (Å²) in [6.45, 7) is 1.90. The molecule has 2 aromatic carbocycles. The first kappa shape index (κ1) is 21.6. The third kappa shape index (κ3) is 3.54. The largest absolute Gasteiger partial charge is 0.463 e. The van der Waals surface area contributed by atoms with Crippen molar-refractivity contribution in [3.8, 4) is 0 Å². The van der Waals surface area contributed by atoms with E-state index in [-0.39, 0.29) is 6.61 Å². The standard InChI is InChI=1S/C24H22ClN3O4/c1-4-32-23(30)18-17(14-10-12-16(25)13-11-14)19-21(27(2)24(31)28(3)22(19)29)26-20(18)15-8-6-5-7-9-15/h5-13,17,26H,4H2,1-3H3. The summed E-state index contributed by atoms with van der Waals surface area (Å²) in [6, 6.07) is 16.2. The van der Waals surface area contributed by atoms with Crippen molar-refractivity contribution in [3.05, 3.63) is 103 Å². The molecule has 1 atom stereocenters. The molecule has 0 fully saturated rings. The molecule has 1 aromatic heterocycles. The molecule has 8 heteroatoms. The van der Waals surface area contributed by atoms with Crippen LogP contribution in [0.15, 0.2) is 69.8 Å². The van der Waals surface area contributed by atoms with Crippen LogP contribution < -0.4 is 16.6 Å². The average molecular weight is 452 g/mol. The molecular formula is C24H22ClN3O4. The Hall–Kier alpha value is -3.58. The zero-order valence-electron chi connectivity index (χ0n) is 17.9. The van der Waals surface area contributed by atoms with Crippen LogP contribution in [0.25, 0.3) is 5.70 Å². The second kappa shape index (κ2) is 8.51. The SMILES string of the molecule is CCOC(=O)C1=C(c2ccccc2)Nc2c(c(=O)n(C)c(=O)n2C)C1c1ccc(Cl)cc1. The first-order chi connectivity index (χ1) is 15.3. The van der Waals surface area contributed by atoms with Gasteiger partial charge in [0.2, 0.25) is 0 Å². The lowest BCUT2D eigenvalue weighted by Gasteiger charge is -2.32. The highest BCUT2D eigenvalue weighted by Crippen LogP contribution is 2.43. The third-order valence-corrected chi connectivity index (χ3v) is 5.80. The van der Waals surface area contributed by atoms with Crippen LogP contribution in [0.1, 0.15) is 29.5 Å². The minimum Gasteiger partial charge on any atom is -0.463 e. The quantitative estimate of drug-likeness (QED) is 0.615. The molecule has 0 saturated carbocycles. The Morgan fingerprint density at radius 3 is 2.31 bits per heavy atom. The molecule has 1 aliphatic heterocycles. The van der Waals surface area contributed by atoms with Crippen LogP contribution in [-0.2, 0) is 23.6 Å². The molecule has 1 unspecified atom stereocenters. The van der Waals surface area contributed by atoms with Crippen molar-refractivity contribution >= 4 is 29.1 Å². The maximum absolute atomic E-state index is 13.3. The minimum absolute atomic E-state index is 0.176. The van der Waals surface area contributed by atoms with E-state index < -0.39 is 23.1 Å². The van der Waals surface area contributed by atoms with Gasteiger partial charge in [-0.05, 0) is 30.2 Å². The molecule has 1 aliphatic rings. The summed E-state index contributed by atoms with van der Waals surface area (Å²) in [4.78, 5) is 39.3. The number of rotatable bonds is 4. The van der Waals surface area contributed by atoms with Crippen LogP contribution in [-0.4, -0.2) is 21.7 Å². The van der Waals surface area contributed by atoms with Crippen LogP contribution in [0.5, 0.6) is 0 Å². The summed E-state index contributed by atoms with van der Waals surface area (Å²) in [5.74, 6) is -0.964. The van der Waals surface area contributed by atoms with E-state index in [1.807, 2.05) is 30.3 Å². The van der Waals surface area contributed by atoms with Crippen molar-refractivity contribution < 1.29 is 9.53 Å². The number of fused-ring (bicyclic) bond motifs is 1. The Morgan fingerprint density at radius 1 is 1.03 bits per heavy atom. The number of nitrogens with zero attached hydrogens (tertiary/aromatic N) is 2. The highest BCUT2D eigenvalue weighted by atomic mass is 35.5. The van der Waals surface area contributed by atoms with Gasteiger partial charge in [0, 0.05) is 19.1 Å². The Balaban J connectivity index is 2.13. The number of hydrogen-bond acceptors (Lipinski definition) is 5. The van der Waals surface area contributed by atoms with E-state index in [1.54, 1.807) is 38.2 Å². The summed E-state index contributed by atoms with van der Waals surface area (Å²) in [5.41, 5.74) is 1.54. The molecule has 0 saturated heterocycles. The molecule has 4 rings (SSSR count). The Kier molecular flexibility index (Phi) is 5.76. The highest BCUT2D eigenvalue weighted by molar-refractivity contribution is 6.30. The van der Waals surface area contributed by atoms with E-state index in [0.717, 1.165) is 10.1 Å². The van der Waals surface area contributed by atoms with Gasteiger partial charge in [0.1, 0.15) is 5.82 Å². The average Bonchev–Trinajstić information content (AvgIpc) is 2.81. The van der Waals surface area contributed by atoms with Gasteiger partial charge in [-0.3, -0.25) is 13.9 Å². The van der Waals surface area contributed by atoms with Gasteiger partial charge >= 0.3 is 11.7 Å². The summed E-state index contributed by atoms with van der Waals surface area (Å²) >= 11 is 6.10. The fourth-order valence-electron chi connectivity index (χ4n) is 4.01. The summed E-state index contributed by atoms with van der Waals surface area (Å²) in [7, 11) is 3.01. The Bertz CT molecular complexity index is 1340. The van der Waals surface area contributed by atoms with Crippen LogP contribution >= 0.6 is 11.6 Å². The molecule has 0 aliphatic carbocycles. The lowest BCUT2D eigenvalue weighted by Crippen LogP contribution is -2.43. The number of esters is 1. The molecule has 2 heterocycles. The lowest BCUT2D eigenvalue weighted by atomic mass is 9.81. The van der Waals surface area contributed by atoms with E-state index in [2.05, 4.69) is 5.32 Å². The van der Waals surface area contributed by atoms with Crippen molar-refractivity contribution in [1.82, 2.24) is 9.13 Å². The summed E-state index contributed by atoms with van der Waals surface area (Å²) in [6.07, 6.45) is 0. The van der Waals surface area contributed by atoms with Gasteiger partial charge in [0.15, 0.2) is 0 Å². The number of nitrogens with one attached hydrogen (secondary N) is 1. The van der Waals surface area contributed by atoms with Gasteiger partial charge in [-0.2, -0.15) is 0 Å². The van der Waals surface area contributed by atoms with Crippen molar-refractivity contribution in [1.29, 1.82) is 0 Å². The van der Waals surface area contributed by atoms with E-state index in [4.69, 9.17) is 16.3 Å². The molecule has 0 spiro atoms. The van der Waals surface area contributed by atoms with Crippen molar-refractivity contribution in [2.75, 3.05) is 11.9 Å². The topological polar surface area (TPSA) is 82.3 Å². The first-order valence-electron chi connectivity index (χ1n) is 10.1. The molecular weight excluding hydrogens is 430 g/mol. The van der Waals surface area contributed by atoms with Crippen molar-refractivity contribution in [2.45, 2.75) is 12.8 Å². The van der Waals surface area contributed by atoms with Gasteiger partial charge in [0.25, 0.3) is 5.56 Å². The summed E-state index contributed by atoms with van der Waals surface area (Å²) < 4.78 is 7.83. The van der Waals surface area contributed by atoms with E-state index in [9.17, 15) is 14.4 Å². The second-order valence-electron chi connectivity index (χ2n) is 7.45. The number of hydrogen-bond donors (Lipinski definition) is 1. The molecule has 164 valence electrons. The van der Waals surface area contributed by atoms with Gasteiger partial charge in [0.05, 0.1) is 29.4 Å². The monoisotopic (exact) mass is 451 g/mol. The van der Waals surface area contributed by atoms with Crippen LogP contribution in [0, 0.1) is 0 Å². The fourth-order valence-corrected chi connectivity index (χ4v) is 4.13. The predicted octanol–water partition coefficient (Wildman–Crippen LogP) is 3.27. The number of carbonyl (C=O) groups excluding carboxylic acids is 1. The molecule has 0 amide bonds. The molecule has 32 heavy (non-hydrogen) atoms. The zero-order chi connectivity index (χ0) is 23.0. The Morgan fingerprint density at radius 2 is 1.69 bits per heavy atom. The predicted molar refractivity (Wildman–Crippen MR) is 124 cm³/mol. The molecule has 3 aromatic rings. The van der Waals surface area contributed by atoms with Gasteiger partial charge in [-0.1, -0.05) is 54.1 Å². The maximum Gasteiger partial charge on any atom is 0.337 e. The number of carbonyl (C=O) groups is 1. The molecule has 7 nitrogen and oxygen atoms in total. The van der Waals surface area contributed by atoms with Crippen molar-refractivity contribution in [2.24, 2.45) is 14.1 Å². The number of halogens is 1. The molecule has 0 radical (unpaired) electrons. The summed E-state index contributed by atoms with van der Waals surface area (Å²) in [5, 5.41) is 3.72. The Labute approximate surface area is 189 Å². The van der Waals surface area contributed by atoms with Crippen LogP contribution in [0.4, 0.5) is 5.82 Å². The van der Waals surface area contributed by atoms with Crippen LogP contribution in [0.2, 0.25) is 5.02 Å². The second-order valence-corrected chi connectivity index (χ2v) is 7.89. The fraction of sp³-hybridized carbons (Fsp3) is 0.208. The zero-order valence-corrected chi connectivity index (χ0v) is 18.6.